The lowest BCUT2D eigenvalue weighted by Gasteiger charge is -2.39. The van der Waals surface area contributed by atoms with Gasteiger partial charge in [0.1, 0.15) is 11.6 Å². The van der Waals surface area contributed by atoms with Crippen molar-refractivity contribution >= 4 is 17.7 Å². The van der Waals surface area contributed by atoms with Crippen LogP contribution in [0.1, 0.15) is 66.7 Å². The monoisotopic (exact) mass is 437 g/mol. The zero-order valence-corrected chi connectivity index (χ0v) is 19.7. The summed E-state index contributed by atoms with van der Waals surface area (Å²) < 4.78 is 6.64. The molecule has 0 saturated carbocycles. The van der Waals surface area contributed by atoms with Gasteiger partial charge in [-0.25, -0.2) is 0 Å². The van der Waals surface area contributed by atoms with E-state index in [0.717, 1.165) is 12.8 Å². The summed E-state index contributed by atoms with van der Waals surface area (Å²) in [5, 5.41) is 15.9. The molecule has 0 aliphatic carbocycles. The fourth-order valence-corrected chi connectivity index (χ4v) is 6.31. The molecule has 7 atom stereocenters. The Morgan fingerprint density at radius 1 is 1.23 bits per heavy atom. The summed E-state index contributed by atoms with van der Waals surface area (Å²) >= 11 is 0. The highest BCUT2D eigenvalue weighted by molar-refractivity contribution is 5.99. The largest absolute Gasteiger partial charge is 0.394 e. The first-order chi connectivity index (χ1) is 14.6. The highest BCUT2D eigenvalue weighted by Gasteiger charge is 2.79. The van der Waals surface area contributed by atoms with Crippen molar-refractivity contribution in [2.24, 2.45) is 17.8 Å². The molecule has 3 fully saturated rings. The molecule has 3 aliphatic heterocycles. The van der Waals surface area contributed by atoms with Crippen molar-refractivity contribution in [3.05, 3.63) is 0 Å². The maximum absolute atomic E-state index is 13.9. The molecule has 3 saturated heterocycles. The SMILES string of the molecule is CCCC(C)NC(=O)C1N([C@@H](CO)C(C)C)C(=O)[C@@H]2[C@H](C(=O)NC)[C@]3(CC)CCC12O3. The first-order valence-electron chi connectivity index (χ1n) is 11.8. The van der Waals surface area contributed by atoms with E-state index in [0.29, 0.717) is 19.3 Å². The molecule has 176 valence electrons. The molecule has 31 heavy (non-hydrogen) atoms. The van der Waals surface area contributed by atoms with Crippen LogP contribution in [0.5, 0.6) is 0 Å². The lowest BCUT2D eigenvalue weighted by atomic mass is 9.65. The normalized spacial score (nSPS) is 35.9. The lowest BCUT2D eigenvalue weighted by molar-refractivity contribution is -0.152. The summed E-state index contributed by atoms with van der Waals surface area (Å²) in [7, 11) is 1.57. The molecule has 8 heteroatoms. The highest BCUT2D eigenvalue weighted by atomic mass is 16.5. The molecule has 3 N–H and O–H groups in total. The van der Waals surface area contributed by atoms with Gasteiger partial charge in [0.15, 0.2) is 0 Å². The Morgan fingerprint density at radius 2 is 1.90 bits per heavy atom. The average Bonchev–Trinajstić information content (AvgIpc) is 3.32. The van der Waals surface area contributed by atoms with Crippen LogP contribution in [0.25, 0.3) is 0 Å². The summed E-state index contributed by atoms with van der Waals surface area (Å²) in [5.74, 6) is -2.12. The zero-order chi connectivity index (χ0) is 23.1. The first kappa shape index (κ1) is 24.0. The molecular formula is C23H39N3O5. The van der Waals surface area contributed by atoms with Gasteiger partial charge in [-0.15, -0.1) is 0 Å². The number of aliphatic hydroxyl groups is 1. The second-order valence-corrected chi connectivity index (χ2v) is 9.89. The number of amides is 3. The second-order valence-electron chi connectivity index (χ2n) is 9.89. The molecule has 0 aromatic carbocycles. The minimum atomic E-state index is -1.04. The van der Waals surface area contributed by atoms with Crippen LogP contribution in [0.4, 0.5) is 0 Å². The van der Waals surface area contributed by atoms with E-state index < -0.39 is 35.1 Å². The number of nitrogens with zero attached hydrogens (tertiary/aromatic N) is 1. The fraction of sp³-hybridized carbons (Fsp3) is 0.870. The van der Waals surface area contributed by atoms with Crippen LogP contribution < -0.4 is 10.6 Å². The molecule has 0 aromatic rings. The Hall–Kier alpha value is -1.67. The Balaban J connectivity index is 2.10. The smallest absolute Gasteiger partial charge is 0.246 e. The Bertz CT molecular complexity index is 728. The van der Waals surface area contributed by atoms with Crippen molar-refractivity contribution in [3.8, 4) is 0 Å². The average molecular weight is 438 g/mol. The number of hydrogen-bond acceptors (Lipinski definition) is 5. The summed E-state index contributed by atoms with van der Waals surface area (Å²) in [5.41, 5.74) is -1.77. The van der Waals surface area contributed by atoms with Crippen LogP contribution in [0.3, 0.4) is 0 Å². The number of hydrogen-bond donors (Lipinski definition) is 3. The van der Waals surface area contributed by atoms with Gasteiger partial charge >= 0.3 is 0 Å². The Kier molecular flexibility index (Phi) is 6.73. The predicted octanol–water partition coefficient (Wildman–Crippen LogP) is 1.21. The van der Waals surface area contributed by atoms with Gasteiger partial charge in [0.2, 0.25) is 17.7 Å². The molecule has 3 aliphatic rings. The minimum Gasteiger partial charge on any atom is -0.394 e. The molecule has 0 aromatic heterocycles. The third kappa shape index (κ3) is 3.46. The quantitative estimate of drug-likeness (QED) is 0.503. The first-order valence-corrected chi connectivity index (χ1v) is 11.8. The lowest BCUT2D eigenvalue weighted by Crippen LogP contribution is -2.59. The van der Waals surface area contributed by atoms with E-state index in [2.05, 4.69) is 17.6 Å². The van der Waals surface area contributed by atoms with Crippen molar-refractivity contribution in [2.45, 2.75) is 96.1 Å². The third-order valence-corrected chi connectivity index (χ3v) is 7.82. The van der Waals surface area contributed by atoms with Crippen molar-refractivity contribution in [1.29, 1.82) is 0 Å². The van der Waals surface area contributed by atoms with E-state index in [1.165, 1.54) is 0 Å². The maximum atomic E-state index is 13.9. The van der Waals surface area contributed by atoms with Crippen molar-refractivity contribution in [1.82, 2.24) is 15.5 Å². The standard InChI is InChI=1S/C23H39N3O5/c1-7-9-14(5)25-20(29)18-23-11-10-22(8-2,31-23)16(19(28)24-6)17(23)21(30)26(18)15(12-27)13(3)4/h13-18,27H,7-12H2,1-6H3,(H,24,28)(H,25,29)/t14?,15-,16+,17-,18?,22-,23?/m0/s1. The van der Waals surface area contributed by atoms with E-state index in [-0.39, 0.29) is 36.3 Å². The van der Waals surface area contributed by atoms with Gasteiger partial charge in [0.25, 0.3) is 0 Å². The van der Waals surface area contributed by atoms with E-state index in [4.69, 9.17) is 4.74 Å². The van der Waals surface area contributed by atoms with Gasteiger partial charge in [-0.05, 0) is 38.5 Å². The van der Waals surface area contributed by atoms with Crippen molar-refractivity contribution < 1.29 is 24.2 Å². The van der Waals surface area contributed by atoms with Crippen LogP contribution in [0, 0.1) is 17.8 Å². The molecule has 8 nitrogen and oxygen atoms in total. The molecule has 0 radical (unpaired) electrons. The Labute approximate surface area is 185 Å². The number of likely N-dealkylation sites (tertiary alicyclic amines) is 1. The molecule has 2 bridgehead atoms. The number of rotatable bonds is 9. The molecule has 3 amide bonds. The van der Waals surface area contributed by atoms with Gasteiger partial charge in [0.05, 0.1) is 30.1 Å². The summed E-state index contributed by atoms with van der Waals surface area (Å²) in [6, 6.07) is -1.41. The van der Waals surface area contributed by atoms with Gasteiger partial charge in [0, 0.05) is 13.1 Å². The van der Waals surface area contributed by atoms with Crippen molar-refractivity contribution in [2.75, 3.05) is 13.7 Å². The van der Waals surface area contributed by atoms with Gasteiger partial charge in [-0.1, -0.05) is 34.1 Å². The highest BCUT2D eigenvalue weighted by Crippen LogP contribution is 2.64. The number of ether oxygens (including phenoxy) is 1. The number of aliphatic hydroxyl groups excluding tert-OH is 1. The molecule has 1 spiro atoms. The van der Waals surface area contributed by atoms with E-state index >= 15 is 0 Å². The third-order valence-electron chi connectivity index (χ3n) is 7.82. The fourth-order valence-electron chi connectivity index (χ4n) is 6.31. The number of nitrogens with one attached hydrogen (secondary N) is 2. The number of carbonyl (C=O) groups is 3. The van der Waals surface area contributed by atoms with Crippen LogP contribution in [-0.2, 0) is 19.1 Å². The summed E-state index contributed by atoms with van der Waals surface area (Å²) in [6.45, 7) is 9.60. The Morgan fingerprint density at radius 3 is 2.42 bits per heavy atom. The van der Waals surface area contributed by atoms with Gasteiger partial charge in [-0.2, -0.15) is 0 Å². The topological polar surface area (TPSA) is 108 Å². The van der Waals surface area contributed by atoms with Gasteiger partial charge < -0.3 is 25.4 Å². The zero-order valence-electron chi connectivity index (χ0n) is 19.7. The van der Waals surface area contributed by atoms with Crippen LogP contribution >= 0.6 is 0 Å². The summed E-state index contributed by atoms with van der Waals surface area (Å²) in [4.78, 5) is 42.0. The maximum Gasteiger partial charge on any atom is 0.246 e. The van der Waals surface area contributed by atoms with E-state index in [9.17, 15) is 19.5 Å². The van der Waals surface area contributed by atoms with Crippen molar-refractivity contribution in [3.63, 3.8) is 0 Å². The molecule has 3 rings (SSSR count). The van der Waals surface area contributed by atoms with Crippen LogP contribution in [0.15, 0.2) is 0 Å². The number of carbonyl (C=O) groups excluding carboxylic acids is 3. The van der Waals surface area contributed by atoms with Crippen LogP contribution in [-0.4, -0.2) is 70.7 Å². The summed E-state index contributed by atoms with van der Waals surface area (Å²) in [6.07, 6.45) is 3.56. The predicted molar refractivity (Wildman–Crippen MR) is 116 cm³/mol. The minimum absolute atomic E-state index is 0.0370. The molecule has 3 heterocycles. The molecule has 3 unspecified atom stereocenters. The van der Waals surface area contributed by atoms with E-state index in [1.54, 1.807) is 11.9 Å². The van der Waals surface area contributed by atoms with E-state index in [1.807, 2.05) is 27.7 Å². The van der Waals surface area contributed by atoms with Crippen LogP contribution in [0.2, 0.25) is 0 Å². The second kappa shape index (κ2) is 8.70. The molecular weight excluding hydrogens is 398 g/mol. The van der Waals surface area contributed by atoms with Gasteiger partial charge in [-0.3, -0.25) is 14.4 Å². The number of fused-ring (bicyclic) bond motifs is 1.